The zero-order valence-electron chi connectivity index (χ0n) is 12.4. The summed E-state index contributed by atoms with van der Waals surface area (Å²) in [5, 5.41) is 22.0. The van der Waals surface area contributed by atoms with Crippen molar-refractivity contribution >= 4 is 12.2 Å². The number of carbonyl (C=O) groups is 2. The number of amides is 2. The predicted octanol–water partition coefficient (Wildman–Crippen LogP) is 0.452. The summed E-state index contributed by atoms with van der Waals surface area (Å²) < 4.78 is 0. The first-order valence-electron chi connectivity index (χ1n) is 6.39. The molecule has 118 valence electrons. The molecule has 0 radical (unpaired) electrons. The third-order valence-electron chi connectivity index (χ3n) is 2.29. The summed E-state index contributed by atoms with van der Waals surface area (Å²) in [6.07, 6.45) is -2.49. The lowest BCUT2D eigenvalue weighted by molar-refractivity contribution is -0.251. The molecule has 0 aliphatic heterocycles. The van der Waals surface area contributed by atoms with Crippen molar-refractivity contribution in [2.75, 3.05) is 14.1 Å². The third-order valence-corrected chi connectivity index (χ3v) is 2.29. The molecule has 2 aromatic rings. The monoisotopic (exact) mass is 302 g/mol. The van der Waals surface area contributed by atoms with Crippen LogP contribution in [0.5, 0.6) is 0 Å². The van der Waals surface area contributed by atoms with E-state index in [0.717, 1.165) is 0 Å². The number of hydrogen-bond acceptors (Lipinski definition) is 4. The van der Waals surface area contributed by atoms with Crippen LogP contribution in [0.2, 0.25) is 0 Å². The standard InChI is InChI=1S/C12H10.2C2H5NO2/c1-3-7-11(8-4-1)12-9-5-2-6-10-12;2*1-3-2(4)5/h1-10H;2*3H,1H3,(H,4,5)/p-2. The van der Waals surface area contributed by atoms with Gasteiger partial charge in [0.2, 0.25) is 0 Å². The summed E-state index contributed by atoms with van der Waals surface area (Å²) in [6.45, 7) is 0. The highest BCUT2D eigenvalue weighted by molar-refractivity contribution is 5.62. The number of hydrogen-bond donors (Lipinski definition) is 2. The van der Waals surface area contributed by atoms with Crippen LogP contribution in [0, 0.1) is 0 Å². The van der Waals surface area contributed by atoms with Gasteiger partial charge in [-0.05, 0) is 11.1 Å². The molecule has 6 heteroatoms. The maximum absolute atomic E-state index is 9.15. The summed E-state index contributed by atoms with van der Waals surface area (Å²) in [5.74, 6) is 0. The van der Waals surface area contributed by atoms with Crippen molar-refractivity contribution in [3.05, 3.63) is 60.7 Å². The summed E-state index contributed by atoms with van der Waals surface area (Å²) in [7, 11) is 2.57. The number of carbonyl (C=O) groups excluding carboxylic acids is 2. The molecule has 0 saturated heterocycles. The highest BCUT2D eigenvalue weighted by atomic mass is 16.4. The first-order valence-corrected chi connectivity index (χ1v) is 6.39. The van der Waals surface area contributed by atoms with Crippen LogP contribution in [-0.4, -0.2) is 26.3 Å². The van der Waals surface area contributed by atoms with Crippen molar-refractivity contribution in [2.45, 2.75) is 0 Å². The Hall–Kier alpha value is -3.02. The van der Waals surface area contributed by atoms with Crippen LogP contribution in [0.25, 0.3) is 11.1 Å². The molecule has 0 aliphatic carbocycles. The van der Waals surface area contributed by atoms with Gasteiger partial charge in [0.25, 0.3) is 0 Å². The molecule has 6 nitrogen and oxygen atoms in total. The Bertz CT molecular complexity index is 493. The van der Waals surface area contributed by atoms with Crippen LogP contribution in [0.1, 0.15) is 0 Å². The van der Waals surface area contributed by atoms with E-state index in [1.807, 2.05) is 22.8 Å². The van der Waals surface area contributed by atoms with E-state index in [9.17, 15) is 0 Å². The topological polar surface area (TPSA) is 104 Å². The zero-order valence-corrected chi connectivity index (χ0v) is 12.4. The SMILES string of the molecule is CNC(=O)[O-].CNC(=O)[O-].c1ccc(-c2ccccc2)cc1. The summed E-state index contributed by atoms with van der Waals surface area (Å²) >= 11 is 0. The lowest BCUT2D eigenvalue weighted by atomic mass is 10.1. The van der Waals surface area contributed by atoms with Gasteiger partial charge in [-0.1, -0.05) is 60.7 Å². The normalized spacial score (nSPS) is 8.27. The Morgan fingerprint density at radius 2 is 0.909 bits per heavy atom. The highest BCUT2D eigenvalue weighted by Crippen LogP contribution is 2.17. The highest BCUT2D eigenvalue weighted by Gasteiger charge is 1.91. The van der Waals surface area contributed by atoms with Crippen molar-refractivity contribution < 1.29 is 19.8 Å². The number of nitrogens with one attached hydrogen (secondary N) is 2. The summed E-state index contributed by atoms with van der Waals surface area (Å²) in [5.41, 5.74) is 2.55. The average Bonchev–Trinajstić information content (AvgIpc) is 2.57. The molecule has 22 heavy (non-hydrogen) atoms. The zero-order chi connectivity index (χ0) is 16.8. The summed E-state index contributed by atoms with van der Waals surface area (Å²) in [6, 6.07) is 20.8. The molecule has 2 aromatic carbocycles. The van der Waals surface area contributed by atoms with Crippen molar-refractivity contribution in [1.82, 2.24) is 10.6 Å². The lowest BCUT2D eigenvalue weighted by Crippen LogP contribution is -2.33. The fourth-order valence-corrected chi connectivity index (χ4v) is 1.26. The molecule has 2 N–H and O–H groups in total. The van der Waals surface area contributed by atoms with E-state index >= 15 is 0 Å². The van der Waals surface area contributed by atoms with Crippen LogP contribution in [-0.2, 0) is 0 Å². The molecule has 0 spiro atoms. The molecule has 0 bridgehead atoms. The van der Waals surface area contributed by atoms with Crippen LogP contribution in [0.15, 0.2) is 60.7 Å². The fourth-order valence-electron chi connectivity index (χ4n) is 1.26. The molecule has 0 saturated carbocycles. The van der Waals surface area contributed by atoms with Crippen molar-refractivity contribution in [2.24, 2.45) is 0 Å². The Kier molecular flexibility index (Phi) is 10.2. The first-order chi connectivity index (χ1) is 10.5. The van der Waals surface area contributed by atoms with E-state index in [4.69, 9.17) is 19.8 Å². The van der Waals surface area contributed by atoms with Crippen molar-refractivity contribution in [3.63, 3.8) is 0 Å². The van der Waals surface area contributed by atoms with Gasteiger partial charge < -0.3 is 30.4 Å². The Morgan fingerprint density at radius 3 is 1.09 bits per heavy atom. The molecule has 2 rings (SSSR count). The van der Waals surface area contributed by atoms with Crippen LogP contribution < -0.4 is 20.8 Å². The average molecular weight is 302 g/mol. The van der Waals surface area contributed by atoms with E-state index in [1.54, 1.807) is 0 Å². The fraction of sp³-hybridized carbons (Fsp3) is 0.125. The van der Waals surface area contributed by atoms with Gasteiger partial charge in [-0.15, -0.1) is 0 Å². The molecule has 0 aromatic heterocycles. The Balaban J connectivity index is 0.000000372. The predicted molar refractivity (Wildman–Crippen MR) is 80.8 cm³/mol. The van der Waals surface area contributed by atoms with Gasteiger partial charge in [0.05, 0.1) is 0 Å². The van der Waals surface area contributed by atoms with E-state index < -0.39 is 12.2 Å². The molecule has 0 fully saturated rings. The van der Waals surface area contributed by atoms with Crippen LogP contribution in [0.4, 0.5) is 9.59 Å². The van der Waals surface area contributed by atoms with Crippen LogP contribution in [0.3, 0.4) is 0 Å². The minimum absolute atomic E-state index is 1.25. The minimum Gasteiger partial charge on any atom is -0.530 e. The molecule has 0 atom stereocenters. The molecule has 0 aliphatic rings. The van der Waals surface area contributed by atoms with Gasteiger partial charge in [-0.25, -0.2) is 0 Å². The lowest BCUT2D eigenvalue weighted by Gasteiger charge is -1.98. The van der Waals surface area contributed by atoms with E-state index in [2.05, 4.69) is 48.5 Å². The molecule has 2 amide bonds. The van der Waals surface area contributed by atoms with Crippen LogP contribution >= 0.6 is 0 Å². The van der Waals surface area contributed by atoms with Gasteiger partial charge in [0.15, 0.2) is 0 Å². The van der Waals surface area contributed by atoms with Gasteiger partial charge in [0.1, 0.15) is 12.2 Å². The number of rotatable bonds is 1. The minimum atomic E-state index is -1.25. The summed E-state index contributed by atoms with van der Waals surface area (Å²) in [4.78, 5) is 18.3. The van der Waals surface area contributed by atoms with Gasteiger partial charge in [-0.2, -0.15) is 0 Å². The molecular formula is C16H18N2O4-2. The second-order valence-corrected chi connectivity index (χ2v) is 3.81. The van der Waals surface area contributed by atoms with E-state index in [0.29, 0.717) is 0 Å². The Morgan fingerprint density at radius 1 is 0.682 bits per heavy atom. The smallest absolute Gasteiger partial charge is 0.133 e. The third kappa shape index (κ3) is 9.85. The Labute approximate surface area is 129 Å². The quantitative estimate of drug-likeness (QED) is 0.798. The molecule has 0 heterocycles. The van der Waals surface area contributed by atoms with Gasteiger partial charge in [-0.3, -0.25) is 0 Å². The number of carboxylic acid groups (broad SMARTS) is 2. The van der Waals surface area contributed by atoms with E-state index in [-0.39, 0.29) is 0 Å². The maximum atomic E-state index is 9.15. The molecule has 0 unspecified atom stereocenters. The van der Waals surface area contributed by atoms with E-state index in [1.165, 1.54) is 25.2 Å². The van der Waals surface area contributed by atoms with Gasteiger partial charge in [0, 0.05) is 14.1 Å². The molecular weight excluding hydrogens is 284 g/mol. The largest absolute Gasteiger partial charge is 0.530 e. The first kappa shape index (κ1) is 19.0. The van der Waals surface area contributed by atoms with Crippen molar-refractivity contribution in [3.8, 4) is 11.1 Å². The maximum Gasteiger partial charge on any atom is 0.133 e. The number of benzene rings is 2. The van der Waals surface area contributed by atoms with Crippen molar-refractivity contribution in [1.29, 1.82) is 0 Å². The second-order valence-electron chi connectivity index (χ2n) is 3.81. The van der Waals surface area contributed by atoms with Gasteiger partial charge >= 0.3 is 0 Å². The second kappa shape index (κ2) is 11.8.